The van der Waals surface area contributed by atoms with E-state index in [9.17, 15) is 9.59 Å². The lowest BCUT2D eigenvalue weighted by molar-refractivity contribution is -0.141. The van der Waals surface area contributed by atoms with Crippen molar-refractivity contribution < 1.29 is 14.3 Å². The number of benzene rings is 1. The lowest BCUT2D eigenvalue weighted by atomic mass is 10.1. The van der Waals surface area contributed by atoms with E-state index in [4.69, 9.17) is 5.73 Å². The smallest absolute Gasteiger partial charge is 0.323 e. The predicted octanol–water partition coefficient (Wildman–Crippen LogP) is 1.10. The summed E-state index contributed by atoms with van der Waals surface area (Å²) in [6.45, 7) is 1.93. The molecule has 0 radical (unpaired) electrons. The minimum atomic E-state index is -0.690. The maximum absolute atomic E-state index is 11.8. The van der Waals surface area contributed by atoms with E-state index in [1.54, 1.807) is 0 Å². The second-order valence-corrected chi connectivity index (χ2v) is 5.37. The van der Waals surface area contributed by atoms with E-state index in [1.807, 2.05) is 37.3 Å². The lowest BCUT2D eigenvalue weighted by Gasteiger charge is -2.14. The van der Waals surface area contributed by atoms with Crippen molar-refractivity contribution in [3.8, 4) is 0 Å². The molecule has 0 fully saturated rings. The zero-order valence-corrected chi connectivity index (χ0v) is 12.5. The lowest BCUT2D eigenvalue weighted by Crippen LogP contribution is -2.35. The standard InChI is InChI=1S/C14H20N2O3S/c1-10(11-6-4-3-5-7-11)16-13(17)9-20-8-12(15)14(18)19-2/h3-7,10,12H,8-9,15H2,1-2H3,(H,16,17). The van der Waals surface area contributed by atoms with Crippen molar-refractivity contribution in [2.45, 2.75) is 19.0 Å². The minimum absolute atomic E-state index is 0.0430. The molecule has 0 bridgehead atoms. The van der Waals surface area contributed by atoms with Crippen molar-refractivity contribution in [2.24, 2.45) is 5.73 Å². The molecule has 0 heterocycles. The number of hydrogen-bond donors (Lipinski definition) is 2. The van der Waals surface area contributed by atoms with Crippen LogP contribution in [0.1, 0.15) is 18.5 Å². The van der Waals surface area contributed by atoms with Crippen LogP contribution < -0.4 is 11.1 Å². The number of methoxy groups -OCH3 is 1. The molecule has 5 nitrogen and oxygen atoms in total. The largest absolute Gasteiger partial charge is 0.468 e. The van der Waals surface area contributed by atoms with Gasteiger partial charge in [-0.25, -0.2) is 0 Å². The summed E-state index contributed by atoms with van der Waals surface area (Å²) in [4.78, 5) is 22.8. The third-order valence-electron chi connectivity index (χ3n) is 2.71. The summed E-state index contributed by atoms with van der Waals surface area (Å²) in [6.07, 6.45) is 0. The molecule has 20 heavy (non-hydrogen) atoms. The molecule has 1 aromatic carbocycles. The highest BCUT2D eigenvalue weighted by Gasteiger charge is 2.15. The van der Waals surface area contributed by atoms with Gasteiger partial charge >= 0.3 is 5.97 Å². The van der Waals surface area contributed by atoms with Gasteiger partial charge in [0.25, 0.3) is 0 Å². The Hall–Kier alpha value is -1.53. The van der Waals surface area contributed by atoms with Crippen molar-refractivity contribution >= 4 is 23.6 Å². The highest BCUT2D eigenvalue weighted by Crippen LogP contribution is 2.11. The fourth-order valence-corrected chi connectivity index (χ4v) is 2.38. The van der Waals surface area contributed by atoms with E-state index in [0.717, 1.165) is 5.56 Å². The first kappa shape index (κ1) is 16.5. The first-order valence-electron chi connectivity index (χ1n) is 6.30. The second kappa shape index (κ2) is 8.60. The SMILES string of the molecule is COC(=O)C(N)CSCC(=O)NC(C)c1ccccc1. The molecule has 1 aromatic rings. The first-order valence-corrected chi connectivity index (χ1v) is 7.45. The normalized spacial score (nSPS) is 13.3. The van der Waals surface area contributed by atoms with E-state index in [0.29, 0.717) is 5.75 Å². The van der Waals surface area contributed by atoms with Crippen LogP contribution in [0.4, 0.5) is 0 Å². The number of ether oxygens (including phenoxy) is 1. The van der Waals surface area contributed by atoms with Gasteiger partial charge in [0, 0.05) is 5.75 Å². The van der Waals surface area contributed by atoms with Crippen LogP contribution in [0.3, 0.4) is 0 Å². The summed E-state index contributed by atoms with van der Waals surface area (Å²) in [6, 6.07) is 8.99. The van der Waals surface area contributed by atoms with Gasteiger partial charge in [-0.05, 0) is 12.5 Å². The highest BCUT2D eigenvalue weighted by atomic mass is 32.2. The van der Waals surface area contributed by atoms with Crippen LogP contribution in [-0.2, 0) is 14.3 Å². The zero-order valence-electron chi connectivity index (χ0n) is 11.7. The van der Waals surface area contributed by atoms with Gasteiger partial charge < -0.3 is 15.8 Å². The summed E-state index contributed by atoms with van der Waals surface area (Å²) in [5.41, 5.74) is 6.63. The number of carbonyl (C=O) groups excluding carboxylic acids is 2. The van der Waals surface area contributed by atoms with E-state index >= 15 is 0 Å². The molecule has 0 aromatic heterocycles. The summed E-state index contributed by atoms with van der Waals surface area (Å²) in [5.74, 6) is 0.0841. The van der Waals surface area contributed by atoms with Crippen molar-refractivity contribution in [1.29, 1.82) is 0 Å². The Labute approximate surface area is 123 Å². The van der Waals surface area contributed by atoms with E-state index in [-0.39, 0.29) is 17.7 Å². The Morgan fingerprint density at radius 1 is 1.35 bits per heavy atom. The Balaban J connectivity index is 2.29. The molecule has 0 aliphatic heterocycles. The number of carbonyl (C=O) groups is 2. The summed E-state index contributed by atoms with van der Waals surface area (Å²) in [5, 5.41) is 2.90. The van der Waals surface area contributed by atoms with Crippen molar-refractivity contribution in [2.75, 3.05) is 18.6 Å². The maximum atomic E-state index is 11.8. The average molecular weight is 296 g/mol. The molecule has 0 aliphatic rings. The molecule has 0 saturated carbocycles. The molecule has 6 heteroatoms. The molecular weight excluding hydrogens is 276 g/mol. The van der Waals surface area contributed by atoms with Crippen molar-refractivity contribution in [3.63, 3.8) is 0 Å². The van der Waals surface area contributed by atoms with Crippen LogP contribution in [0.25, 0.3) is 0 Å². The van der Waals surface area contributed by atoms with Gasteiger partial charge in [0.05, 0.1) is 18.9 Å². The number of rotatable bonds is 7. The topological polar surface area (TPSA) is 81.4 Å². The predicted molar refractivity (Wildman–Crippen MR) is 80.3 cm³/mol. The number of hydrogen-bond acceptors (Lipinski definition) is 5. The molecule has 1 rings (SSSR count). The number of esters is 1. The molecule has 1 amide bonds. The van der Waals surface area contributed by atoms with Gasteiger partial charge in [0.15, 0.2) is 0 Å². The van der Waals surface area contributed by atoms with Crippen molar-refractivity contribution in [1.82, 2.24) is 5.32 Å². The first-order chi connectivity index (χ1) is 9.54. The zero-order chi connectivity index (χ0) is 15.0. The average Bonchev–Trinajstić information content (AvgIpc) is 2.47. The van der Waals surface area contributed by atoms with Crippen LogP contribution in [0.2, 0.25) is 0 Å². The fraction of sp³-hybridized carbons (Fsp3) is 0.429. The van der Waals surface area contributed by atoms with Crippen LogP contribution >= 0.6 is 11.8 Å². The molecule has 0 spiro atoms. The van der Waals surface area contributed by atoms with Crippen LogP contribution in [0.5, 0.6) is 0 Å². The maximum Gasteiger partial charge on any atom is 0.323 e. The number of nitrogens with two attached hydrogens (primary N) is 1. The Morgan fingerprint density at radius 3 is 2.60 bits per heavy atom. The Kier molecular flexibility index (Phi) is 7.11. The molecular formula is C14H20N2O3S. The monoisotopic (exact) mass is 296 g/mol. The molecule has 110 valence electrons. The van der Waals surface area contributed by atoms with E-state index in [2.05, 4.69) is 10.1 Å². The Morgan fingerprint density at radius 2 is 2.00 bits per heavy atom. The molecule has 2 unspecified atom stereocenters. The van der Waals surface area contributed by atoms with Crippen LogP contribution in [-0.4, -0.2) is 36.5 Å². The molecule has 0 saturated heterocycles. The van der Waals surface area contributed by atoms with Gasteiger partial charge in [-0.15, -0.1) is 11.8 Å². The summed E-state index contributed by atoms with van der Waals surface area (Å²) >= 11 is 1.31. The van der Waals surface area contributed by atoms with E-state index in [1.165, 1.54) is 18.9 Å². The molecule has 2 atom stereocenters. The number of nitrogens with one attached hydrogen (secondary N) is 1. The second-order valence-electron chi connectivity index (χ2n) is 4.34. The quantitative estimate of drug-likeness (QED) is 0.736. The minimum Gasteiger partial charge on any atom is -0.468 e. The van der Waals surface area contributed by atoms with Gasteiger partial charge in [0.2, 0.25) is 5.91 Å². The third kappa shape index (κ3) is 5.63. The van der Waals surface area contributed by atoms with Gasteiger partial charge in [0.1, 0.15) is 6.04 Å². The van der Waals surface area contributed by atoms with Crippen molar-refractivity contribution in [3.05, 3.63) is 35.9 Å². The third-order valence-corrected chi connectivity index (χ3v) is 3.77. The van der Waals surface area contributed by atoms with Crippen LogP contribution in [0, 0.1) is 0 Å². The fourth-order valence-electron chi connectivity index (χ4n) is 1.61. The van der Waals surface area contributed by atoms with E-state index < -0.39 is 12.0 Å². The van der Waals surface area contributed by atoms with Gasteiger partial charge in [-0.2, -0.15) is 0 Å². The molecule has 3 N–H and O–H groups in total. The van der Waals surface area contributed by atoms with Gasteiger partial charge in [-0.3, -0.25) is 9.59 Å². The summed E-state index contributed by atoms with van der Waals surface area (Å²) in [7, 11) is 1.29. The van der Waals surface area contributed by atoms with Crippen LogP contribution in [0.15, 0.2) is 30.3 Å². The number of amides is 1. The number of thioether (sulfide) groups is 1. The van der Waals surface area contributed by atoms with Gasteiger partial charge in [-0.1, -0.05) is 30.3 Å². The highest BCUT2D eigenvalue weighted by molar-refractivity contribution is 8.00. The Bertz CT molecular complexity index is 439. The molecule has 0 aliphatic carbocycles. The summed E-state index contributed by atoms with van der Waals surface area (Å²) < 4.78 is 4.51.